The number of carbonyl (C=O) groups is 2. The molecule has 0 N–H and O–H groups in total. The molecule has 6 aromatic rings. The van der Waals surface area contributed by atoms with Crippen molar-refractivity contribution >= 4 is 49.3 Å². The molecule has 3 aliphatic rings. The van der Waals surface area contributed by atoms with Gasteiger partial charge in [-0.25, -0.2) is 18.7 Å². The van der Waals surface area contributed by atoms with E-state index in [-0.39, 0.29) is 33.9 Å². The fourth-order valence-electron chi connectivity index (χ4n) is 6.79. The Balaban J connectivity index is 0.000000145. The molecule has 0 unspecified atom stereocenters. The Morgan fingerprint density at radius 3 is 1.61 bits per heavy atom. The molecule has 244 valence electrons. The number of halogens is 3. The Kier molecular flexibility index (Phi) is 7.64. The number of nitrogens with zero attached hydrogens (tertiary/aromatic N) is 5. The van der Waals surface area contributed by atoms with Gasteiger partial charge >= 0.3 is 0 Å². The van der Waals surface area contributed by atoms with Crippen LogP contribution in [0, 0.1) is 11.6 Å². The maximum Gasteiger partial charge on any atom is 0.266 e. The zero-order chi connectivity index (χ0) is 34.0. The van der Waals surface area contributed by atoms with Crippen molar-refractivity contribution in [1.29, 1.82) is 0 Å². The Morgan fingerprint density at radius 2 is 1.10 bits per heavy atom. The number of rotatable bonds is 3. The van der Waals surface area contributed by atoms with Gasteiger partial charge in [0.15, 0.2) is 11.6 Å². The molecule has 9 rings (SSSR count). The number of benzene rings is 4. The van der Waals surface area contributed by atoms with E-state index < -0.39 is 23.2 Å². The highest BCUT2D eigenvalue weighted by molar-refractivity contribution is 9.08. The summed E-state index contributed by atoms with van der Waals surface area (Å²) in [6.45, 7) is 2.96. The van der Waals surface area contributed by atoms with Gasteiger partial charge in [-0.2, -0.15) is 0 Å². The fraction of sp³-hybridized carbons (Fsp3) is 0.189. The van der Waals surface area contributed by atoms with Crippen molar-refractivity contribution in [2.24, 2.45) is 0 Å². The minimum atomic E-state index is -0.515. The fourth-order valence-corrected chi connectivity index (χ4v) is 7.13. The van der Waals surface area contributed by atoms with Crippen molar-refractivity contribution in [1.82, 2.24) is 24.0 Å². The number of likely N-dealkylation sites (tertiary alicyclic amines) is 1. The van der Waals surface area contributed by atoms with Crippen molar-refractivity contribution in [2.75, 3.05) is 13.1 Å². The van der Waals surface area contributed by atoms with E-state index >= 15 is 0 Å². The predicted octanol–water partition coefficient (Wildman–Crippen LogP) is 6.02. The Labute approximate surface area is 285 Å². The minimum absolute atomic E-state index is 0.0321. The Morgan fingerprint density at radius 1 is 0.612 bits per heavy atom. The molecule has 2 aromatic heterocycles. The van der Waals surface area contributed by atoms with Crippen LogP contribution in [-0.4, -0.2) is 48.7 Å². The first-order valence-electron chi connectivity index (χ1n) is 15.8. The summed E-state index contributed by atoms with van der Waals surface area (Å²) in [5, 5.41) is 1.54. The van der Waals surface area contributed by atoms with Crippen LogP contribution < -0.4 is 11.1 Å². The molecule has 4 aromatic carbocycles. The van der Waals surface area contributed by atoms with Crippen molar-refractivity contribution in [3.8, 4) is 11.4 Å². The lowest BCUT2D eigenvalue weighted by atomic mass is 10.1. The smallest absolute Gasteiger partial charge is 0.266 e. The molecular formula is C37H26BrF2N5O4. The number of aromatic nitrogens is 4. The lowest BCUT2D eigenvalue weighted by Gasteiger charge is -2.26. The monoisotopic (exact) mass is 721 g/mol. The average Bonchev–Trinajstić information content (AvgIpc) is 3.55. The van der Waals surface area contributed by atoms with Gasteiger partial charge in [-0.1, -0.05) is 34.5 Å². The molecule has 12 heteroatoms. The summed E-state index contributed by atoms with van der Waals surface area (Å²) in [6, 6.07) is 18.6. The zero-order valence-corrected chi connectivity index (χ0v) is 27.5. The predicted molar refractivity (Wildman–Crippen MR) is 183 cm³/mol. The van der Waals surface area contributed by atoms with Crippen LogP contribution in [0.4, 0.5) is 8.78 Å². The third kappa shape index (κ3) is 5.22. The van der Waals surface area contributed by atoms with E-state index in [1.54, 1.807) is 18.2 Å². The molecule has 0 aliphatic carbocycles. The highest BCUT2D eigenvalue weighted by Crippen LogP contribution is 2.29. The highest BCUT2D eigenvalue weighted by atomic mass is 79.9. The quantitative estimate of drug-likeness (QED) is 0.206. The van der Waals surface area contributed by atoms with Gasteiger partial charge in [0.05, 0.1) is 44.3 Å². The van der Waals surface area contributed by atoms with Gasteiger partial charge in [-0.05, 0) is 97.7 Å². The number of hydrogen-bond donors (Lipinski definition) is 0. The molecule has 0 radical (unpaired) electrons. The minimum Gasteiger partial charge on any atom is -0.299 e. The molecule has 0 saturated carbocycles. The topological polar surface area (TPSA) is 107 Å². The SMILES string of the molecule is O=C1c2cc(F)ccc2-n2c1nc1ccc(CBr)cc1c2=O.O=C1c2cc(F)ccc2-n2c1nc1ccc(CN3CCCCC3)cc1c2=O. The van der Waals surface area contributed by atoms with Crippen LogP contribution in [0.15, 0.2) is 82.4 Å². The van der Waals surface area contributed by atoms with Gasteiger partial charge in [-0.15, -0.1) is 0 Å². The van der Waals surface area contributed by atoms with E-state index in [4.69, 9.17) is 0 Å². The lowest BCUT2D eigenvalue weighted by molar-refractivity contribution is 0.102. The van der Waals surface area contributed by atoms with Crippen molar-refractivity contribution < 1.29 is 18.4 Å². The largest absolute Gasteiger partial charge is 0.299 e. The standard InChI is InChI=1S/C21H18FN3O2.C16H8BrFN2O2/c22-14-5-7-18-16(11-14)19(26)20-23-17-6-4-13(10-15(17)21(27)25(18)20)12-24-8-2-1-3-9-24;17-7-8-1-3-12-10(5-8)16(22)20-13-4-2-9(18)6-11(13)14(21)15(20)19-12/h4-7,10-11H,1-3,8-9,12H2;1-6H,7H2. The van der Waals surface area contributed by atoms with Gasteiger partial charge in [0.25, 0.3) is 11.1 Å². The third-order valence-electron chi connectivity index (χ3n) is 9.17. The van der Waals surface area contributed by atoms with Crippen molar-refractivity contribution in [2.45, 2.75) is 31.1 Å². The van der Waals surface area contributed by atoms with Crippen LogP contribution in [0.5, 0.6) is 0 Å². The number of fused-ring (bicyclic) bond motifs is 8. The summed E-state index contributed by atoms with van der Waals surface area (Å²) in [7, 11) is 0. The number of carbonyl (C=O) groups excluding carboxylic acids is 2. The summed E-state index contributed by atoms with van der Waals surface area (Å²) >= 11 is 3.35. The van der Waals surface area contributed by atoms with Gasteiger partial charge in [0, 0.05) is 11.9 Å². The number of hydrogen-bond acceptors (Lipinski definition) is 7. The number of ketones is 2. The third-order valence-corrected chi connectivity index (χ3v) is 9.82. The van der Waals surface area contributed by atoms with Crippen LogP contribution in [0.1, 0.15) is 62.8 Å². The van der Waals surface area contributed by atoms with Crippen LogP contribution in [-0.2, 0) is 11.9 Å². The number of piperidine rings is 1. The van der Waals surface area contributed by atoms with Gasteiger partial charge in [-0.3, -0.25) is 33.2 Å². The lowest BCUT2D eigenvalue weighted by Crippen LogP contribution is -2.29. The maximum absolute atomic E-state index is 13.5. The highest BCUT2D eigenvalue weighted by Gasteiger charge is 2.32. The Bertz CT molecular complexity index is 2520. The molecule has 1 fully saturated rings. The first-order valence-corrected chi connectivity index (χ1v) is 16.9. The Hall–Kier alpha value is -5.20. The van der Waals surface area contributed by atoms with Crippen LogP contribution >= 0.6 is 15.9 Å². The van der Waals surface area contributed by atoms with E-state index in [0.717, 1.165) is 42.9 Å². The first-order chi connectivity index (χ1) is 23.7. The summed E-state index contributed by atoms with van der Waals surface area (Å²) in [5.41, 5.74) is 3.49. The summed E-state index contributed by atoms with van der Waals surface area (Å²) in [5.74, 6) is -1.78. The van der Waals surface area contributed by atoms with Crippen molar-refractivity contribution in [3.05, 3.63) is 139 Å². The van der Waals surface area contributed by atoms with E-state index in [9.17, 15) is 28.0 Å². The van der Waals surface area contributed by atoms with E-state index in [2.05, 4.69) is 30.8 Å². The normalized spacial score (nSPS) is 14.8. The molecular weight excluding hydrogens is 696 g/mol. The molecule has 0 spiro atoms. The maximum atomic E-state index is 13.5. The van der Waals surface area contributed by atoms with Gasteiger partial charge in [0.1, 0.15) is 11.6 Å². The van der Waals surface area contributed by atoms with Crippen LogP contribution in [0.25, 0.3) is 33.2 Å². The molecule has 0 amide bonds. The first kappa shape index (κ1) is 31.1. The molecule has 5 heterocycles. The molecule has 3 aliphatic heterocycles. The molecule has 1 saturated heterocycles. The van der Waals surface area contributed by atoms with Gasteiger partial charge in [0.2, 0.25) is 11.6 Å². The van der Waals surface area contributed by atoms with E-state index in [1.807, 2.05) is 18.2 Å². The zero-order valence-electron chi connectivity index (χ0n) is 25.9. The van der Waals surface area contributed by atoms with Gasteiger partial charge < -0.3 is 0 Å². The second-order valence-corrected chi connectivity index (χ2v) is 12.9. The molecule has 9 nitrogen and oxygen atoms in total. The summed E-state index contributed by atoms with van der Waals surface area (Å²) in [6.07, 6.45) is 3.70. The van der Waals surface area contributed by atoms with Crippen molar-refractivity contribution in [3.63, 3.8) is 0 Å². The van der Waals surface area contributed by atoms with E-state index in [1.165, 1.54) is 52.7 Å². The second-order valence-electron chi connectivity index (χ2n) is 12.3. The second kappa shape index (κ2) is 12.0. The summed E-state index contributed by atoms with van der Waals surface area (Å²) < 4.78 is 29.5. The van der Waals surface area contributed by atoms with E-state index in [0.29, 0.717) is 38.5 Å². The van der Waals surface area contributed by atoms with Crippen LogP contribution in [0.2, 0.25) is 0 Å². The number of alkyl halides is 1. The summed E-state index contributed by atoms with van der Waals surface area (Å²) in [4.78, 5) is 61.9. The molecule has 0 atom stereocenters. The average molecular weight is 723 g/mol. The molecule has 0 bridgehead atoms. The molecule has 49 heavy (non-hydrogen) atoms. The van der Waals surface area contributed by atoms with Crippen LogP contribution in [0.3, 0.4) is 0 Å².